The number of hydrogen-bond donors (Lipinski definition) is 0. The molecule has 3 aromatic rings. The van der Waals surface area contributed by atoms with E-state index >= 15 is 0 Å². The van der Waals surface area contributed by atoms with Gasteiger partial charge in [-0.25, -0.2) is 0 Å². The van der Waals surface area contributed by atoms with E-state index in [0.717, 1.165) is 5.56 Å². The summed E-state index contributed by atoms with van der Waals surface area (Å²) in [5.74, 6) is 3.54. The average Bonchev–Trinajstić information content (AvgIpc) is 2.64. The van der Waals surface area contributed by atoms with Crippen LogP contribution in [-0.2, 0) is 0 Å². The highest BCUT2D eigenvalue weighted by Crippen LogP contribution is 2.19. The average molecular weight is 357 g/mol. The number of benzene rings is 3. The molecule has 0 aromatic heterocycles. The minimum absolute atomic E-state index is 1.10. The molecule has 0 fully saturated rings. The summed E-state index contributed by atoms with van der Waals surface area (Å²) in [5, 5.41) is 2.87. The van der Waals surface area contributed by atoms with Crippen LogP contribution in [0.1, 0.15) is 5.56 Å². The van der Waals surface area contributed by atoms with Crippen molar-refractivity contribution in [2.75, 3.05) is 0 Å². The Balaban J connectivity index is 2.29. The van der Waals surface area contributed by atoms with Crippen molar-refractivity contribution in [2.45, 2.75) is 19.6 Å². The Morgan fingerprint density at radius 2 is 0.960 bits per heavy atom. The van der Waals surface area contributed by atoms with Crippen LogP contribution in [0.25, 0.3) is 0 Å². The van der Waals surface area contributed by atoms with Gasteiger partial charge in [-0.2, -0.15) is 0 Å². The summed E-state index contributed by atoms with van der Waals surface area (Å²) in [7, 11) is -3.76. The third kappa shape index (κ3) is 3.53. The summed E-state index contributed by atoms with van der Waals surface area (Å²) in [6.45, 7) is 7.41. The first-order valence-corrected chi connectivity index (χ1v) is 15.2. The van der Waals surface area contributed by atoms with Gasteiger partial charge in [-0.3, -0.25) is 0 Å². The lowest BCUT2D eigenvalue weighted by molar-refractivity contribution is 1.65. The molecule has 0 atom stereocenters. The molecule has 0 radical (unpaired) electrons. The molecular formula is C23H24Si2. The fourth-order valence-corrected chi connectivity index (χ4v) is 15.4. The molecule has 0 nitrogen and oxygen atoms in total. The molecule has 0 saturated heterocycles. The molecule has 0 bridgehead atoms. The lowest BCUT2D eigenvalue weighted by Crippen LogP contribution is -2.72. The van der Waals surface area contributed by atoms with Crippen molar-refractivity contribution < 1.29 is 0 Å². The van der Waals surface area contributed by atoms with Crippen LogP contribution < -0.4 is 10.4 Å². The molecule has 0 unspecified atom stereocenters. The van der Waals surface area contributed by atoms with E-state index in [4.69, 9.17) is 0 Å². The van der Waals surface area contributed by atoms with Gasteiger partial charge in [0.1, 0.15) is 0 Å². The summed E-state index contributed by atoms with van der Waals surface area (Å²) in [6.07, 6.45) is 0. The SMILES string of the molecule is C[Si](C)(C)[Si](C#Cc1ccccc1)(c1ccccc1)c1ccccc1. The second kappa shape index (κ2) is 7.27. The number of rotatable bonds is 3. The maximum atomic E-state index is 3.87. The molecule has 0 heterocycles. The molecule has 2 heteroatoms. The van der Waals surface area contributed by atoms with Gasteiger partial charge >= 0.3 is 0 Å². The van der Waals surface area contributed by atoms with Gasteiger partial charge in [0.05, 0.1) is 7.59 Å². The molecule has 0 saturated carbocycles. The molecule has 0 amide bonds. The molecule has 0 N–H and O–H groups in total. The van der Waals surface area contributed by atoms with Crippen LogP contribution in [0.5, 0.6) is 0 Å². The van der Waals surface area contributed by atoms with Crippen LogP contribution in [-0.4, -0.2) is 15.2 Å². The van der Waals surface area contributed by atoms with Crippen LogP contribution in [0.3, 0.4) is 0 Å². The maximum Gasteiger partial charge on any atom is 0.188 e. The highest BCUT2D eigenvalue weighted by Gasteiger charge is 2.48. The van der Waals surface area contributed by atoms with Crippen LogP contribution in [0, 0.1) is 11.5 Å². The smallest absolute Gasteiger partial charge is 0.118 e. The van der Waals surface area contributed by atoms with Crippen molar-refractivity contribution >= 4 is 25.6 Å². The minimum atomic E-state index is -2.15. The van der Waals surface area contributed by atoms with Gasteiger partial charge in [0, 0.05) is 5.56 Å². The highest BCUT2D eigenvalue weighted by atomic mass is 29.3. The van der Waals surface area contributed by atoms with Gasteiger partial charge in [-0.1, -0.05) is 104 Å². The zero-order valence-corrected chi connectivity index (χ0v) is 17.2. The fourth-order valence-electron chi connectivity index (χ4n) is 3.43. The Labute approximate surface area is 153 Å². The third-order valence-corrected chi connectivity index (χ3v) is 18.7. The molecular weight excluding hydrogens is 332 g/mol. The minimum Gasteiger partial charge on any atom is -0.118 e. The molecule has 3 aromatic carbocycles. The molecule has 0 aliphatic carbocycles. The molecule has 0 aliphatic heterocycles. The van der Waals surface area contributed by atoms with E-state index in [2.05, 4.69) is 116 Å². The lowest BCUT2D eigenvalue weighted by atomic mass is 10.2. The van der Waals surface area contributed by atoms with E-state index in [-0.39, 0.29) is 0 Å². The fraction of sp³-hybridized carbons (Fsp3) is 0.130. The van der Waals surface area contributed by atoms with Gasteiger partial charge in [-0.05, 0) is 22.5 Å². The maximum absolute atomic E-state index is 3.87. The monoisotopic (exact) mass is 356 g/mol. The second-order valence-electron chi connectivity index (χ2n) is 7.35. The first-order valence-electron chi connectivity index (χ1n) is 8.73. The summed E-state index contributed by atoms with van der Waals surface area (Å²) < 4.78 is 0. The summed E-state index contributed by atoms with van der Waals surface area (Å²) in [6, 6.07) is 32.4. The third-order valence-electron chi connectivity index (χ3n) is 4.71. The molecule has 124 valence electrons. The van der Waals surface area contributed by atoms with Gasteiger partial charge in [-0.15, -0.1) is 5.54 Å². The van der Waals surface area contributed by atoms with Crippen molar-refractivity contribution in [2.24, 2.45) is 0 Å². The predicted octanol–water partition coefficient (Wildman–Crippen LogP) is 4.26. The van der Waals surface area contributed by atoms with E-state index < -0.39 is 15.2 Å². The zero-order chi connectivity index (χ0) is 17.8. The van der Waals surface area contributed by atoms with Gasteiger partial charge in [0.25, 0.3) is 0 Å². The van der Waals surface area contributed by atoms with Crippen molar-refractivity contribution in [3.63, 3.8) is 0 Å². The number of hydrogen-bond acceptors (Lipinski definition) is 0. The first kappa shape index (κ1) is 17.5. The van der Waals surface area contributed by atoms with Crippen molar-refractivity contribution in [3.05, 3.63) is 96.6 Å². The van der Waals surface area contributed by atoms with E-state index in [0.29, 0.717) is 0 Å². The van der Waals surface area contributed by atoms with Crippen molar-refractivity contribution in [1.29, 1.82) is 0 Å². The molecule has 25 heavy (non-hydrogen) atoms. The van der Waals surface area contributed by atoms with Gasteiger partial charge < -0.3 is 0 Å². The van der Waals surface area contributed by atoms with Crippen LogP contribution in [0.4, 0.5) is 0 Å². The Morgan fingerprint density at radius 3 is 1.36 bits per heavy atom. The van der Waals surface area contributed by atoms with Crippen LogP contribution >= 0.6 is 0 Å². The predicted molar refractivity (Wildman–Crippen MR) is 115 cm³/mol. The molecule has 0 aliphatic rings. The summed E-state index contributed by atoms with van der Waals surface area (Å²) >= 11 is 0. The zero-order valence-electron chi connectivity index (χ0n) is 15.2. The Bertz CT molecular complexity index is 828. The Morgan fingerprint density at radius 1 is 0.560 bits per heavy atom. The lowest BCUT2D eigenvalue weighted by Gasteiger charge is -2.38. The van der Waals surface area contributed by atoms with Crippen LogP contribution in [0.2, 0.25) is 19.6 Å². The highest BCUT2D eigenvalue weighted by molar-refractivity contribution is 7.54. The topological polar surface area (TPSA) is 0 Å². The molecule has 3 rings (SSSR count). The van der Waals surface area contributed by atoms with Gasteiger partial charge in [0.15, 0.2) is 7.59 Å². The second-order valence-corrected chi connectivity index (χ2v) is 21.5. The Kier molecular flexibility index (Phi) is 5.08. The summed E-state index contributed by atoms with van der Waals surface area (Å²) in [5.41, 5.74) is 4.97. The van der Waals surface area contributed by atoms with E-state index in [1.807, 2.05) is 6.07 Å². The van der Waals surface area contributed by atoms with Crippen molar-refractivity contribution in [1.82, 2.24) is 0 Å². The normalized spacial score (nSPS) is 11.5. The van der Waals surface area contributed by atoms with Crippen LogP contribution in [0.15, 0.2) is 91.0 Å². The Hall–Kier alpha value is -2.35. The summed E-state index contributed by atoms with van der Waals surface area (Å²) in [4.78, 5) is 0. The largest absolute Gasteiger partial charge is 0.188 e. The molecule has 0 spiro atoms. The van der Waals surface area contributed by atoms with E-state index in [1.165, 1.54) is 10.4 Å². The van der Waals surface area contributed by atoms with Gasteiger partial charge in [0.2, 0.25) is 0 Å². The van der Waals surface area contributed by atoms with E-state index in [1.54, 1.807) is 0 Å². The van der Waals surface area contributed by atoms with Crippen molar-refractivity contribution in [3.8, 4) is 11.5 Å². The quantitative estimate of drug-likeness (QED) is 0.486. The van der Waals surface area contributed by atoms with E-state index in [9.17, 15) is 0 Å². The standard InChI is InChI=1S/C23H24Si2/c1-24(2,3)25(22-15-9-5-10-16-22,23-17-11-6-12-18-23)20-19-21-13-7-4-8-14-21/h4-18H,1-3H3. The first-order chi connectivity index (χ1) is 12.0.